The van der Waals surface area contributed by atoms with E-state index in [1.54, 1.807) is 18.2 Å². The Hall–Kier alpha value is -2.71. The van der Waals surface area contributed by atoms with Gasteiger partial charge in [0.1, 0.15) is 5.75 Å². The zero-order valence-corrected chi connectivity index (χ0v) is 13.7. The van der Waals surface area contributed by atoms with Crippen LogP contribution >= 0.6 is 23.8 Å². The Balaban J connectivity index is 1.56. The Bertz CT molecular complexity index is 815. The smallest absolute Gasteiger partial charge is 0.273 e. The summed E-state index contributed by atoms with van der Waals surface area (Å²) >= 11 is 10.8. The molecule has 124 valence electrons. The largest absolute Gasteiger partial charge is 0.507 e. The van der Waals surface area contributed by atoms with E-state index in [1.807, 2.05) is 0 Å². The minimum absolute atomic E-state index is 0.0674. The van der Waals surface area contributed by atoms with E-state index in [2.05, 4.69) is 16.2 Å². The maximum Gasteiger partial charge on any atom is 0.273 e. The van der Waals surface area contributed by atoms with Crippen LogP contribution in [0.2, 0.25) is 5.02 Å². The van der Waals surface area contributed by atoms with Crippen molar-refractivity contribution in [1.29, 1.82) is 0 Å². The molecule has 24 heavy (non-hydrogen) atoms. The maximum absolute atomic E-state index is 12.0. The summed E-state index contributed by atoms with van der Waals surface area (Å²) in [6.07, 6.45) is 0. The molecule has 9 heteroatoms. The topological polar surface area (TPSA) is 91.9 Å². The molecule has 0 fully saturated rings. The molecule has 1 amide bonds. The molecule has 3 rings (SSSR count). The zero-order chi connectivity index (χ0) is 17.1. The molecule has 0 spiro atoms. The summed E-state index contributed by atoms with van der Waals surface area (Å²) in [5.74, 6) is 0.485. The lowest BCUT2D eigenvalue weighted by atomic mass is 10.2. The molecule has 2 aromatic carbocycles. The zero-order valence-electron chi connectivity index (χ0n) is 12.1. The maximum atomic E-state index is 12.0. The molecule has 0 aliphatic carbocycles. The summed E-state index contributed by atoms with van der Waals surface area (Å²) in [7, 11) is 0. The monoisotopic (exact) mass is 365 g/mol. The number of hydrazine groups is 1. The number of hydrogen-bond donors (Lipinski definition) is 4. The van der Waals surface area contributed by atoms with Gasteiger partial charge in [-0.3, -0.25) is 15.6 Å². The Kier molecular flexibility index (Phi) is 4.59. The highest BCUT2D eigenvalue weighted by atomic mass is 35.5. The quantitative estimate of drug-likeness (QED) is 0.480. The molecule has 1 aliphatic rings. The first-order valence-corrected chi connectivity index (χ1v) is 7.57. The lowest BCUT2D eigenvalue weighted by molar-refractivity contribution is 0.0941. The van der Waals surface area contributed by atoms with Crippen LogP contribution in [0.4, 0.5) is 5.69 Å². The predicted octanol–water partition coefficient (Wildman–Crippen LogP) is 2.41. The summed E-state index contributed by atoms with van der Waals surface area (Å²) in [5.41, 5.74) is 5.66. The van der Waals surface area contributed by atoms with Crippen LogP contribution in [0.25, 0.3) is 0 Å². The lowest BCUT2D eigenvalue weighted by Crippen LogP contribution is -2.43. The van der Waals surface area contributed by atoms with E-state index in [-0.39, 0.29) is 23.2 Å². The van der Waals surface area contributed by atoms with E-state index in [9.17, 15) is 9.90 Å². The Morgan fingerprint density at radius 2 is 1.92 bits per heavy atom. The van der Waals surface area contributed by atoms with Crippen LogP contribution in [0.3, 0.4) is 0 Å². The van der Waals surface area contributed by atoms with Gasteiger partial charge in [-0.1, -0.05) is 11.6 Å². The standard InChI is InChI=1S/C15H12ClN3O4S/c16-8-1-3-10(11(20)5-8)14(21)18-19-15(24)17-9-2-4-12-13(6-9)23-7-22-12/h1-6,20H,7H2,(H,18,21)(H2,17,19,24). The molecule has 1 aliphatic heterocycles. The SMILES string of the molecule is O=C(NNC(=S)Nc1ccc2c(c1)OCO2)c1ccc(Cl)cc1O. The number of carbonyl (C=O) groups is 1. The Morgan fingerprint density at radius 1 is 1.12 bits per heavy atom. The predicted molar refractivity (Wildman–Crippen MR) is 92.5 cm³/mol. The van der Waals surface area contributed by atoms with Gasteiger partial charge in [-0.25, -0.2) is 0 Å². The van der Waals surface area contributed by atoms with Gasteiger partial charge in [0.2, 0.25) is 6.79 Å². The van der Waals surface area contributed by atoms with Crippen LogP contribution in [-0.2, 0) is 0 Å². The molecule has 0 aromatic heterocycles. The number of phenols is 1. The van der Waals surface area contributed by atoms with Crippen molar-refractivity contribution in [2.75, 3.05) is 12.1 Å². The number of benzene rings is 2. The molecule has 0 atom stereocenters. The van der Waals surface area contributed by atoms with E-state index < -0.39 is 5.91 Å². The molecule has 0 bridgehead atoms. The number of fused-ring (bicyclic) bond motifs is 1. The van der Waals surface area contributed by atoms with Gasteiger partial charge in [0.15, 0.2) is 16.6 Å². The summed E-state index contributed by atoms with van der Waals surface area (Å²) < 4.78 is 10.5. The molecular formula is C15H12ClN3O4S. The van der Waals surface area contributed by atoms with Gasteiger partial charge in [-0.05, 0) is 42.5 Å². The average Bonchev–Trinajstić information content (AvgIpc) is 3.00. The third-order valence-corrected chi connectivity index (χ3v) is 3.56. The van der Waals surface area contributed by atoms with Crippen molar-refractivity contribution in [2.45, 2.75) is 0 Å². The van der Waals surface area contributed by atoms with E-state index in [0.717, 1.165) is 0 Å². The Labute approximate surface area is 147 Å². The summed E-state index contributed by atoms with van der Waals surface area (Å²) in [4.78, 5) is 12.0. The van der Waals surface area contributed by atoms with Gasteiger partial charge in [-0.2, -0.15) is 0 Å². The van der Waals surface area contributed by atoms with Crippen LogP contribution in [0, 0.1) is 0 Å². The second-order valence-electron chi connectivity index (χ2n) is 4.76. The molecule has 0 saturated carbocycles. The fourth-order valence-electron chi connectivity index (χ4n) is 2.01. The third kappa shape index (κ3) is 3.61. The van der Waals surface area contributed by atoms with Crippen LogP contribution in [0.5, 0.6) is 17.2 Å². The van der Waals surface area contributed by atoms with Crippen molar-refractivity contribution in [3.05, 3.63) is 47.0 Å². The van der Waals surface area contributed by atoms with Gasteiger partial charge >= 0.3 is 0 Å². The van der Waals surface area contributed by atoms with Gasteiger partial charge in [-0.15, -0.1) is 0 Å². The average molecular weight is 366 g/mol. The molecular weight excluding hydrogens is 354 g/mol. The first-order valence-electron chi connectivity index (χ1n) is 6.78. The van der Waals surface area contributed by atoms with Crippen molar-refractivity contribution in [3.63, 3.8) is 0 Å². The second-order valence-corrected chi connectivity index (χ2v) is 5.61. The van der Waals surface area contributed by atoms with Gasteiger partial charge in [0.25, 0.3) is 5.91 Å². The number of amides is 1. The number of ether oxygens (including phenoxy) is 2. The number of hydrogen-bond acceptors (Lipinski definition) is 5. The molecule has 4 N–H and O–H groups in total. The van der Waals surface area contributed by atoms with Crippen LogP contribution < -0.4 is 25.6 Å². The fraction of sp³-hybridized carbons (Fsp3) is 0.0667. The summed E-state index contributed by atoms with van der Waals surface area (Å²) in [6, 6.07) is 9.41. The highest BCUT2D eigenvalue weighted by Gasteiger charge is 2.14. The normalized spacial score (nSPS) is 11.7. The van der Waals surface area contributed by atoms with Crippen LogP contribution in [0.1, 0.15) is 10.4 Å². The van der Waals surface area contributed by atoms with E-state index in [4.69, 9.17) is 33.3 Å². The minimum Gasteiger partial charge on any atom is -0.507 e. The third-order valence-electron chi connectivity index (χ3n) is 3.12. The molecule has 0 unspecified atom stereocenters. The van der Waals surface area contributed by atoms with Gasteiger partial charge < -0.3 is 19.9 Å². The number of anilines is 1. The van der Waals surface area contributed by atoms with Crippen molar-refractivity contribution in [3.8, 4) is 17.2 Å². The number of thiocarbonyl (C=S) groups is 1. The number of nitrogens with one attached hydrogen (secondary N) is 3. The van der Waals surface area contributed by atoms with Gasteiger partial charge in [0.05, 0.1) is 5.56 Å². The molecule has 0 radical (unpaired) electrons. The minimum atomic E-state index is -0.556. The van der Waals surface area contributed by atoms with E-state index >= 15 is 0 Å². The second kappa shape index (κ2) is 6.81. The van der Waals surface area contributed by atoms with Gasteiger partial charge in [0, 0.05) is 16.8 Å². The van der Waals surface area contributed by atoms with Crippen molar-refractivity contribution < 1.29 is 19.4 Å². The molecule has 0 saturated heterocycles. The van der Waals surface area contributed by atoms with Crippen LogP contribution in [-0.4, -0.2) is 22.9 Å². The van der Waals surface area contributed by atoms with E-state index in [0.29, 0.717) is 22.2 Å². The highest BCUT2D eigenvalue weighted by molar-refractivity contribution is 7.80. The number of carbonyl (C=O) groups excluding carboxylic acids is 1. The highest BCUT2D eigenvalue weighted by Crippen LogP contribution is 2.34. The first-order chi connectivity index (χ1) is 11.5. The number of rotatable bonds is 2. The number of aromatic hydroxyl groups is 1. The Morgan fingerprint density at radius 3 is 2.71 bits per heavy atom. The summed E-state index contributed by atoms with van der Waals surface area (Å²) in [6.45, 7) is 0.183. The lowest BCUT2D eigenvalue weighted by Gasteiger charge is -2.12. The van der Waals surface area contributed by atoms with Crippen molar-refractivity contribution in [1.82, 2.24) is 10.9 Å². The summed E-state index contributed by atoms with van der Waals surface area (Å²) in [5, 5.41) is 13.1. The molecule has 1 heterocycles. The fourth-order valence-corrected chi connectivity index (χ4v) is 2.35. The van der Waals surface area contributed by atoms with Crippen LogP contribution in [0.15, 0.2) is 36.4 Å². The van der Waals surface area contributed by atoms with Crippen molar-refractivity contribution in [2.24, 2.45) is 0 Å². The van der Waals surface area contributed by atoms with E-state index in [1.165, 1.54) is 18.2 Å². The number of halogens is 1. The first kappa shape index (κ1) is 16.2. The van der Waals surface area contributed by atoms with Crippen molar-refractivity contribution >= 4 is 40.5 Å². The number of phenolic OH excluding ortho intramolecular Hbond substituents is 1. The molecule has 7 nitrogen and oxygen atoms in total. The molecule has 2 aromatic rings.